The van der Waals surface area contributed by atoms with Crippen LogP contribution in [-0.2, 0) is 12.1 Å². The number of hydrogen-bond donors (Lipinski definition) is 3. The summed E-state index contributed by atoms with van der Waals surface area (Å²) in [6.07, 6.45) is 6.93. The topological polar surface area (TPSA) is 74.2 Å². The molecule has 1 aromatic heterocycles. The van der Waals surface area contributed by atoms with E-state index in [9.17, 15) is 9.90 Å². The highest BCUT2D eigenvalue weighted by atomic mass is 32.1. The van der Waals surface area contributed by atoms with Gasteiger partial charge in [-0.3, -0.25) is 5.32 Å². The van der Waals surface area contributed by atoms with Crippen LogP contribution in [0.4, 0.5) is 10.6 Å². The van der Waals surface area contributed by atoms with Crippen molar-refractivity contribution in [2.75, 3.05) is 5.32 Å². The first-order valence-electron chi connectivity index (χ1n) is 8.95. The van der Waals surface area contributed by atoms with Gasteiger partial charge in [-0.1, -0.05) is 42.5 Å². The lowest BCUT2D eigenvalue weighted by Gasteiger charge is -2.11. The van der Waals surface area contributed by atoms with Crippen LogP contribution in [0.1, 0.15) is 29.0 Å². The molecule has 3 aromatic rings. The molecule has 3 N–H and O–H groups in total. The van der Waals surface area contributed by atoms with Gasteiger partial charge in [0.1, 0.15) is 5.82 Å². The molecule has 0 bridgehead atoms. The summed E-state index contributed by atoms with van der Waals surface area (Å²) in [6, 6.07) is 15.7. The van der Waals surface area contributed by atoms with Crippen molar-refractivity contribution in [3.8, 4) is 23.5 Å². The van der Waals surface area contributed by atoms with Crippen LogP contribution in [0.3, 0.4) is 0 Å². The minimum absolute atomic E-state index is 0.330. The van der Waals surface area contributed by atoms with Crippen molar-refractivity contribution in [1.29, 1.82) is 0 Å². The number of thiazole rings is 1. The Labute approximate surface area is 167 Å². The number of hydrogen-bond acceptors (Lipinski definition) is 4. The van der Waals surface area contributed by atoms with Crippen molar-refractivity contribution in [2.24, 2.45) is 0 Å². The number of aromatic nitrogens is 1. The molecular weight excluding hydrogens is 370 g/mol. The number of aliphatic hydroxyl groups is 1. The lowest BCUT2D eigenvalue weighted by Crippen LogP contribution is -2.28. The molecule has 4 rings (SSSR count). The maximum absolute atomic E-state index is 12.0. The van der Waals surface area contributed by atoms with E-state index in [4.69, 9.17) is 6.42 Å². The summed E-state index contributed by atoms with van der Waals surface area (Å²) in [5, 5.41) is 18.0. The van der Waals surface area contributed by atoms with Crippen molar-refractivity contribution in [3.63, 3.8) is 0 Å². The SMILES string of the molecule is C#Cc1nc(NC(=O)NCc2ccc(-c3cccc(C4(O)CC4)c3)cc2)cs1. The molecule has 28 heavy (non-hydrogen) atoms. The average Bonchev–Trinajstić information content (AvgIpc) is 3.32. The molecule has 140 valence electrons. The minimum Gasteiger partial charge on any atom is -0.385 e. The summed E-state index contributed by atoms with van der Waals surface area (Å²) in [6.45, 7) is 0.401. The summed E-state index contributed by atoms with van der Waals surface area (Å²) in [5.74, 6) is 2.88. The molecule has 5 nitrogen and oxygen atoms in total. The van der Waals surface area contributed by atoms with Gasteiger partial charge in [0.25, 0.3) is 0 Å². The Morgan fingerprint density at radius 2 is 2.00 bits per heavy atom. The van der Waals surface area contributed by atoms with Crippen molar-refractivity contribution in [2.45, 2.75) is 25.0 Å². The highest BCUT2D eigenvalue weighted by Crippen LogP contribution is 2.45. The van der Waals surface area contributed by atoms with E-state index in [-0.39, 0.29) is 6.03 Å². The molecule has 6 heteroatoms. The Kier molecular flexibility index (Phi) is 4.86. The number of nitrogens with one attached hydrogen (secondary N) is 2. The highest BCUT2D eigenvalue weighted by molar-refractivity contribution is 7.10. The van der Waals surface area contributed by atoms with Gasteiger partial charge in [-0.15, -0.1) is 17.8 Å². The third-order valence-corrected chi connectivity index (χ3v) is 5.51. The van der Waals surface area contributed by atoms with Gasteiger partial charge in [-0.2, -0.15) is 0 Å². The van der Waals surface area contributed by atoms with Gasteiger partial charge in [0, 0.05) is 11.9 Å². The maximum atomic E-state index is 12.0. The Hall–Kier alpha value is -3.14. The first-order valence-corrected chi connectivity index (χ1v) is 9.83. The first-order chi connectivity index (χ1) is 13.6. The zero-order valence-corrected chi connectivity index (χ0v) is 15.9. The molecule has 0 unspecified atom stereocenters. The first kappa shape index (κ1) is 18.2. The number of nitrogens with zero attached hydrogens (tertiary/aromatic N) is 1. The number of benzene rings is 2. The molecule has 1 saturated carbocycles. The predicted molar refractivity (Wildman–Crippen MR) is 111 cm³/mol. The second-order valence-electron chi connectivity index (χ2n) is 6.80. The number of rotatable bonds is 5. The zero-order chi connectivity index (χ0) is 19.6. The predicted octanol–water partition coefficient (Wildman–Crippen LogP) is 4.09. The molecule has 2 amide bonds. The lowest BCUT2D eigenvalue weighted by molar-refractivity contribution is 0.151. The molecule has 0 spiro atoms. The molecule has 1 aliphatic carbocycles. The van der Waals surface area contributed by atoms with Gasteiger partial charge in [-0.25, -0.2) is 9.78 Å². The van der Waals surface area contributed by atoms with Crippen LogP contribution < -0.4 is 10.6 Å². The van der Waals surface area contributed by atoms with Gasteiger partial charge in [0.2, 0.25) is 0 Å². The summed E-state index contributed by atoms with van der Waals surface area (Å²) >= 11 is 1.31. The number of carbonyl (C=O) groups is 1. The number of amides is 2. The second kappa shape index (κ2) is 7.47. The zero-order valence-electron chi connectivity index (χ0n) is 15.1. The molecule has 1 heterocycles. The van der Waals surface area contributed by atoms with Crippen LogP contribution >= 0.6 is 11.3 Å². The smallest absolute Gasteiger partial charge is 0.320 e. The highest BCUT2D eigenvalue weighted by Gasteiger charge is 2.42. The standard InChI is InChI=1S/C22H19N3O2S/c1-2-20-24-19(14-28-20)25-21(26)23-13-15-6-8-16(9-7-15)17-4-3-5-18(12-17)22(27)10-11-22/h1,3-9,12,14,27H,10-11,13H2,(H2,23,25,26). The number of anilines is 1. The van der Waals surface area contributed by atoms with Crippen LogP contribution in [0.5, 0.6) is 0 Å². The fourth-order valence-corrected chi connectivity index (χ4v) is 3.50. The Bertz CT molecular complexity index is 1050. The Morgan fingerprint density at radius 3 is 2.68 bits per heavy atom. The van der Waals surface area contributed by atoms with Crippen LogP contribution in [0.25, 0.3) is 11.1 Å². The quantitative estimate of drug-likeness (QED) is 0.575. The van der Waals surface area contributed by atoms with Crippen molar-refractivity contribution in [3.05, 3.63) is 70.0 Å². The van der Waals surface area contributed by atoms with E-state index in [0.717, 1.165) is 35.1 Å². The Balaban J connectivity index is 1.36. The number of carbonyl (C=O) groups excluding carboxylic acids is 1. The van der Waals surface area contributed by atoms with Gasteiger partial charge >= 0.3 is 6.03 Å². The third kappa shape index (κ3) is 4.06. The van der Waals surface area contributed by atoms with E-state index in [1.165, 1.54) is 11.3 Å². The molecule has 1 aliphatic rings. The van der Waals surface area contributed by atoms with Crippen LogP contribution in [0.15, 0.2) is 53.9 Å². The van der Waals surface area contributed by atoms with Crippen LogP contribution in [0, 0.1) is 12.3 Å². The van der Waals surface area contributed by atoms with Crippen molar-refractivity contribution >= 4 is 23.2 Å². The molecule has 0 radical (unpaired) electrons. The molecule has 0 saturated heterocycles. The largest absolute Gasteiger partial charge is 0.385 e. The second-order valence-corrected chi connectivity index (χ2v) is 7.66. The van der Waals surface area contributed by atoms with Gasteiger partial charge < -0.3 is 10.4 Å². The van der Waals surface area contributed by atoms with Crippen LogP contribution in [0.2, 0.25) is 0 Å². The Morgan fingerprint density at radius 1 is 1.21 bits per heavy atom. The summed E-state index contributed by atoms with van der Waals surface area (Å²) in [7, 11) is 0. The monoisotopic (exact) mass is 389 g/mol. The molecule has 1 fully saturated rings. The summed E-state index contributed by atoms with van der Waals surface area (Å²) in [5.41, 5.74) is 3.47. The van der Waals surface area contributed by atoms with E-state index in [0.29, 0.717) is 17.4 Å². The minimum atomic E-state index is -0.633. The van der Waals surface area contributed by atoms with Crippen LogP contribution in [-0.4, -0.2) is 16.1 Å². The maximum Gasteiger partial charge on any atom is 0.320 e. The average molecular weight is 389 g/mol. The molecular formula is C22H19N3O2S. The van der Waals surface area contributed by atoms with E-state index < -0.39 is 5.60 Å². The van der Waals surface area contributed by atoms with E-state index in [1.807, 2.05) is 48.5 Å². The summed E-state index contributed by atoms with van der Waals surface area (Å²) in [4.78, 5) is 16.1. The normalized spacial score (nSPS) is 14.1. The van der Waals surface area contributed by atoms with Crippen molar-refractivity contribution < 1.29 is 9.90 Å². The summed E-state index contributed by atoms with van der Waals surface area (Å²) < 4.78 is 0. The van der Waals surface area contributed by atoms with Gasteiger partial charge in [-0.05, 0) is 47.1 Å². The van der Waals surface area contributed by atoms with E-state index >= 15 is 0 Å². The fourth-order valence-electron chi connectivity index (χ4n) is 2.95. The van der Waals surface area contributed by atoms with Crippen molar-refractivity contribution in [1.82, 2.24) is 10.3 Å². The number of terminal acetylenes is 1. The number of urea groups is 1. The van der Waals surface area contributed by atoms with E-state index in [1.54, 1.807) is 5.38 Å². The van der Waals surface area contributed by atoms with Gasteiger partial charge in [0.05, 0.1) is 5.60 Å². The third-order valence-electron chi connectivity index (χ3n) is 4.73. The fraction of sp³-hybridized carbons (Fsp3) is 0.182. The molecule has 2 aromatic carbocycles. The molecule has 0 atom stereocenters. The van der Waals surface area contributed by atoms with E-state index in [2.05, 4.69) is 21.5 Å². The lowest BCUT2D eigenvalue weighted by atomic mass is 9.99. The molecule has 0 aliphatic heterocycles. The van der Waals surface area contributed by atoms with Gasteiger partial charge in [0.15, 0.2) is 5.01 Å².